The van der Waals surface area contributed by atoms with E-state index in [9.17, 15) is 9.90 Å². The van der Waals surface area contributed by atoms with E-state index in [4.69, 9.17) is 0 Å². The number of phenols is 1. The molecule has 0 saturated carbocycles. The van der Waals surface area contributed by atoms with Crippen molar-refractivity contribution < 1.29 is 9.90 Å². The van der Waals surface area contributed by atoms with E-state index in [1.807, 2.05) is 19.9 Å². The van der Waals surface area contributed by atoms with Gasteiger partial charge in [0.15, 0.2) is 0 Å². The van der Waals surface area contributed by atoms with Crippen molar-refractivity contribution in [1.29, 1.82) is 0 Å². The molecule has 0 aliphatic carbocycles. The highest BCUT2D eigenvalue weighted by Crippen LogP contribution is 2.26. The molecule has 0 spiro atoms. The molecular weight excluding hydrogens is 260 g/mol. The molecule has 0 aromatic heterocycles. The SMILES string of the molecule is CCN(C(=O)C1CSCCN1)c1cc(O)ccc1C. The molecule has 0 bridgehead atoms. The van der Waals surface area contributed by atoms with E-state index in [1.165, 1.54) is 0 Å². The van der Waals surface area contributed by atoms with Gasteiger partial charge in [-0.1, -0.05) is 6.07 Å². The standard InChI is InChI=1S/C14H20N2O2S/c1-3-16(13-8-11(17)5-4-10(13)2)14(18)12-9-19-7-6-15-12/h4-5,8,12,15,17H,3,6-7,9H2,1-2H3. The van der Waals surface area contributed by atoms with Crippen molar-refractivity contribution in [3.8, 4) is 5.75 Å². The molecule has 1 amide bonds. The van der Waals surface area contributed by atoms with Crippen molar-refractivity contribution in [3.05, 3.63) is 23.8 Å². The molecule has 2 N–H and O–H groups in total. The van der Waals surface area contributed by atoms with Gasteiger partial charge in [0.05, 0.1) is 11.7 Å². The van der Waals surface area contributed by atoms with Crippen LogP contribution in [0.3, 0.4) is 0 Å². The number of benzene rings is 1. The molecule has 4 nitrogen and oxygen atoms in total. The van der Waals surface area contributed by atoms with E-state index >= 15 is 0 Å². The zero-order valence-electron chi connectivity index (χ0n) is 11.3. The van der Waals surface area contributed by atoms with Crippen LogP contribution in [-0.4, -0.2) is 41.7 Å². The first kappa shape index (κ1) is 14.2. The molecule has 1 aromatic rings. The Hall–Kier alpha value is -1.20. The number of nitrogens with one attached hydrogen (secondary N) is 1. The van der Waals surface area contributed by atoms with Crippen molar-refractivity contribution in [1.82, 2.24) is 5.32 Å². The van der Waals surface area contributed by atoms with Gasteiger partial charge < -0.3 is 15.3 Å². The summed E-state index contributed by atoms with van der Waals surface area (Å²) in [5.41, 5.74) is 1.79. The van der Waals surface area contributed by atoms with Crippen LogP contribution >= 0.6 is 11.8 Å². The number of rotatable bonds is 3. The first-order valence-corrected chi connectivity index (χ1v) is 7.71. The number of phenolic OH excluding ortho intramolecular Hbond substituents is 1. The Morgan fingerprint density at radius 3 is 3.00 bits per heavy atom. The zero-order valence-corrected chi connectivity index (χ0v) is 12.2. The van der Waals surface area contributed by atoms with Crippen LogP contribution < -0.4 is 10.2 Å². The molecule has 1 aliphatic heterocycles. The largest absolute Gasteiger partial charge is 0.508 e. The molecular formula is C14H20N2O2S. The molecule has 0 radical (unpaired) electrons. The van der Waals surface area contributed by atoms with E-state index in [2.05, 4.69) is 5.32 Å². The average molecular weight is 280 g/mol. The number of carbonyl (C=O) groups excluding carboxylic acids is 1. The van der Waals surface area contributed by atoms with Crippen LogP contribution in [-0.2, 0) is 4.79 Å². The summed E-state index contributed by atoms with van der Waals surface area (Å²) in [6.07, 6.45) is 0. The molecule has 1 unspecified atom stereocenters. The van der Waals surface area contributed by atoms with E-state index in [-0.39, 0.29) is 17.7 Å². The molecule has 2 rings (SSSR count). The Bertz CT molecular complexity index is 459. The number of hydrogen-bond donors (Lipinski definition) is 2. The number of hydrogen-bond acceptors (Lipinski definition) is 4. The molecule has 1 atom stereocenters. The molecule has 1 heterocycles. The van der Waals surface area contributed by atoms with Gasteiger partial charge in [-0.3, -0.25) is 4.79 Å². The minimum Gasteiger partial charge on any atom is -0.508 e. The fraction of sp³-hybridized carbons (Fsp3) is 0.500. The summed E-state index contributed by atoms with van der Waals surface area (Å²) < 4.78 is 0. The van der Waals surface area contributed by atoms with Gasteiger partial charge in [0.1, 0.15) is 5.75 Å². The number of anilines is 1. The first-order valence-electron chi connectivity index (χ1n) is 6.55. The summed E-state index contributed by atoms with van der Waals surface area (Å²) in [5, 5.41) is 12.9. The number of aryl methyl sites for hydroxylation is 1. The van der Waals surface area contributed by atoms with Crippen molar-refractivity contribution in [2.45, 2.75) is 19.9 Å². The Labute approximate surface area is 118 Å². The van der Waals surface area contributed by atoms with Gasteiger partial charge in [-0.15, -0.1) is 0 Å². The number of amides is 1. The van der Waals surface area contributed by atoms with Crippen molar-refractivity contribution in [3.63, 3.8) is 0 Å². The van der Waals surface area contributed by atoms with Crippen molar-refractivity contribution in [2.75, 3.05) is 29.5 Å². The number of thioether (sulfide) groups is 1. The topological polar surface area (TPSA) is 52.6 Å². The molecule has 1 saturated heterocycles. The fourth-order valence-corrected chi connectivity index (χ4v) is 3.17. The van der Waals surface area contributed by atoms with Crippen LogP contribution in [0.15, 0.2) is 18.2 Å². The van der Waals surface area contributed by atoms with Gasteiger partial charge in [-0.05, 0) is 25.5 Å². The summed E-state index contributed by atoms with van der Waals surface area (Å²) in [7, 11) is 0. The number of aromatic hydroxyl groups is 1. The molecule has 19 heavy (non-hydrogen) atoms. The maximum absolute atomic E-state index is 12.6. The van der Waals surface area contributed by atoms with Crippen LogP contribution in [0.2, 0.25) is 0 Å². The monoisotopic (exact) mass is 280 g/mol. The lowest BCUT2D eigenvalue weighted by molar-refractivity contribution is -0.120. The quantitative estimate of drug-likeness (QED) is 0.886. The Balaban J connectivity index is 2.23. The molecule has 104 valence electrons. The van der Waals surface area contributed by atoms with E-state index in [0.717, 1.165) is 29.3 Å². The second kappa shape index (κ2) is 6.30. The van der Waals surface area contributed by atoms with Gasteiger partial charge in [0.25, 0.3) is 0 Å². The minimum atomic E-state index is -0.125. The smallest absolute Gasteiger partial charge is 0.244 e. The van der Waals surface area contributed by atoms with Crippen molar-refractivity contribution in [2.24, 2.45) is 0 Å². The number of nitrogens with zero attached hydrogens (tertiary/aromatic N) is 1. The van der Waals surface area contributed by atoms with Crippen LogP contribution in [0.1, 0.15) is 12.5 Å². The van der Waals surface area contributed by atoms with Crippen LogP contribution in [0, 0.1) is 6.92 Å². The van der Waals surface area contributed by atoms with Crippen LogP contribution in [0.5, 0.6) is 5.75 Å². The maximum Gasteiger partial charge on any atom is 0.244 e. The van der Waals surface area contributed by atoms with E-state index in [1.54, 1.807) is 28.8 Å². The highest BCUT2D eigenvalue weighted by atomic mass is 32.2. The predicted octanol–water partition coefficient (Wildman–Crippen LogP) is 1.76. The van der Waals surface area contributed by atoms with Crippen LogP contribution in [0.25, 0.3) is 0 Å². The lowest BCUT2D eigenvalue weighted by Gasteiger charge is -2.30. The Morgan fingerprint density at radius 2 is 2.37 bits per heavy atom. The molecule has 1 aromatic carbocycles. The van der Waals surface area contributed by atoms with Crippen LogP contribution in [0.4, 0.5) is 5.69 Å². The van der Waals surface area contributed by atoms with Crippen molar-refractivity contribution >= 4 is 23.4 Å². The third-order valence-corrected chi connectivity index (χ3v) is 4.35. The Kier molecular flexibility index (Phi) is 4.71. The normalized spacial score (nSPS) is 19.2. The van der Waals surface area contributed by atoms with E-state index in [0.29, 0.717) is 6.54 Å². The Morgan fingerprint density at radius 1 is 1.58 bits per heavy atom. The number of carbonyl (C=O) groups is 1. The third kappa shape index (κ3) is 3.22. The average Bonchev–Trinajstić information content (AvgIpc) is 2.44. The molecule has 1 fully saturated rings. The highest BCUT2D eigenvalue weighted by molar-refractivity contribution is 7.99. The van der Waals surface area contributed by atoms with Gasteiger partial charge >= 0.3 is 0 Å². The van der Waals surface area contributed by atoms with Gasteiger partial charge in [0, 0.05) is 30.7 Å². The van der Waals surface area contributed by atoms with Gasteiger partial charge in [0.2, 0.25) is 5.91 Å². The fourth-order valence-electron chi connectivity index (χ4n) is 2.25. The second-order valence-corrected chi connectivity index (χ2v) is 5.78. The lowest BCUT2D eigenvalue weighted by atomic mass is 10.1. The van der Waals surface area contributed by atoms with Gasteiger partial charge in [-0.2, -0.15) is 11.8 Å². The summed E-state index contributed by atoms with van der Waals surface area (Å²) in [6, 6.07) is 5.02. The predicted molar refractivity (Wildman–Crippen MR) is 80.0 cm³/mol. The molecule has 1 aliphatic rings. The maximum atomic E-state index is 12.6. The van der Waals surface area contributed by atoms with E-state index < -0.39 is 0 Å². The lowest BCUT2D eigenvalue weighted by Crippen LogP contribution is -2.50. The zero-order chi connectivity index (χ0) is 13.8. The number of likely N-dealkylation sites (N-methyl/N-ethyl adjacent to an activating group) is 1. The second-order valence-electron chi connectivity index (χ2n) is 4.63. The summed E-state index contributed by atoms with van der Waals surface area (Å²) >= 11 is 1.80. The minimum absolute atomic E-state index is 0.0865. The summed E-state index contributed by atoms with van der Waals surface area (Å²) in [6.45, 7) is 5.38. The first-order chi connectivity index (χ1) is 9.13. The third-order valence-electron chi connectivity index (χ3n) is 3.29. The summed E-state index contributed by atoms with van der Waals surface area (Å²) in [4.78, 5) is 14.3. The highest BCUT2D eigenvalue weighted by Gasteiger charge is 2.26. The van der Waals surface area contributed by atoms with Gasteiger partial charge in [-0.25, -0.2) is 0 Å². The summed E-state index contributed by atoms with van der Waals surface area (Å²) in [5.74, 6) is 2.15. The molecule has 5 heteroatoms.